The number of hydrogen-bond acceptors (Lipinski definition) is 5. The second kappa shape index (κ2) is 10.5. The zero-order valence-corrected chi connectivity index (χ0v) is 28.6. The predicted octanol–water partition coefficient (Wildman–Crippen LogP) is 10.4. The minimum atomic E-state index is -0.800. The molecule has 0 saturated heterocycles. The lowest BCUT2D eigenvalue weighted by Gasteiger charge is -2.39. The third-order valence-electron chi connectivity index (χ3n) is 11.4. The van der Waals surface area contributed by atoms with Gasteiger partial charge in [0.2, 0.25) is 0 Å². The maximum Gasteiger partial charge on any atom is 0.132 e. The van der Waals surface area contributed by atoms with Gasteiger partial charge in [-0.05, 0) is 96.1 Å². The number of para-hydroxylation sites is 2. The molecule has 5 aromatic heterocycles. The Kier molecular flexibility index (Phi) is 5.65. The lowest BCUT2D eigenvalue weighted by Crippen LogP contribution is -2.32. The SMILES string of the molecule is N#Cc1ccc2c(c1)c1ccccc1n2-c1ccc2c(c1)C1(c3cc(-n4c5ccccc5c5ccncc54)ccc3O2)c2cccnc2-c2ncccc21. The first-order valence-electron chi connectivity index (χ1n) is 17.9. The van der Waals surface area contributed by atoms with Crippen LogP contribution in [0, 0.1) is 11.3 Å². The molecule has 0 fully saturated rings. The normalized spacial score (nSPS) is 13.5. The van der Waals surface area contributed by atoms with E-state index in [1.165, 1.54) is 5.39 Å². The molecule has 5 aromatic carbocycles. The van der Waals surface area contributed by atoms with Gasteiger partial charge in [-0.1, -0.05) is 48.5 Å². The van der Waals surface area contributed by atoms with Gasteiger partial charge in [0.05, 0.1) is 56.7 Å². The van der Waals surface area contributed by atoms with Crippen LogP contribution in [0.15, 0.2) is 158 Å². The summed E-state index contributed by atoms with van der Waals surface area (Å²) in [6.45, 7) is 0. The highest BCUT2D eigenvalue weighted by atomic mass is 16.5. The summed E-state index contributed by atoms with van der Waals surface area (Å²) in [7, 11) is 0. The third-order valence-corrected chi connectivity index (χ3v) is 11.4. The highest BCUT2D eigenvalue weighted by Gasteiger charge is 2.52. The maximum absolute atomic E-state index is 9.78. The molecule has 0 atom stereocenters. The largest absolute Gasteiger partial charge is 0.457 e. The summed E-state index contributed by atoms with van der Waals surface area (Å²) in [5.41, 5.74) is 11.9. The average molecular weight is 691 g/mol. The highest BCUT2D eigenvalue weighted by Crippen LogP contribution is 2.61. The Morgan fingerprint density at radius 2 is 1.07 bits per heavy atom. The van der Waals surface area contributed by atoms with E-state index in [1.54, 1.807) is 0 Å². The molecule has 1 aliphatic heterocycles. The first-order chi connectivity index (χ1) is 26.7. The van der Waals surface area contributed by atoms with E-state index in [2.05, 4.69) is 129 Å². The molecule has 7 heteroatoms. The maximum atomic E-state index is 9.78. The van der Waals surface area contributed by atoms with Crippen molar-refractivity contribution in [2.75, 3.05) is 0 Å². The minimum Gasteiger partial charge on any atom is -0.457 e. The molecule has 7 nitrogen and oxygen atoms in total. The number of nitrogens with zero attached hydrogens (tertiary/aromatic N) is 6. The predicted molar refractivity (Wildman–Crippen MR) is 211 cm³/mol. The zero-order chi connectivity index (χ0) is 35.5. The van der Waals surface area contributed by atoms with Crippen molar-refractivity contribution in [2.24, 2.45) is 0 Å². The molecular formula is C47H26N6O. The first kappa shape index (κ1) is 29.1. The number of aromatic nitrogens is 5. The molecule has 0 unspecified atom stereocenters. The van der Waals surface area contributed by atoms with Gasteiger partial charge in [-0.25, -0.2) is 0 Å². The number of ether oxygens (including phenoxy) is 1. The van der Waals surface area contributed by atoms with E-state index in [0.717, 1.165) is 94.7 Å². The molecule has 6 heterocycles. The fourth-order valence-corrected chi connectivity index (χ4v) is 9.28. The molecule has 0 N–H and O–H groups in total. The summed E-state index contributed by atoms with van der Waals surface area (Å²) in [5, 5.41) is 14.2. The van der Waals surface area contributed by atoms with Crippen molar-refractivity contribution in [1.29, 1.82) is 5.26 Å². The fraction of sp³-hybridized carbons (Fsp3) is 0.0213. The van der Waals surface area contributed by atoms with Crippen molar-refractivity contribution in [2.45, 2.75) is 5.41 Å². The number of rotatable bonds is 2. The van der Waals surface area contributed by atoms with E-state index < -0.39 is 5.41 Å². The van der Waals surface area contributed by atoms with Gasteiger partial charge >= 0.3 is 0 Å². The van der Waals surface area contributed by atoms with Gasteiger partial charge in [0.25, 0.3) is 0 Å². The summed E-state index contributed by atoms with van der Waals surface area (Å²) in [5.74, 6) is 1.56. The monoisotopic (exact) mass is 690 g/mol. The first-order valence-corrected chi connectivity index (χ1v) is 17.9. The fourth-order valence-electron chi connectivity index (χ4n) is 9.28. The van der Waals surface area contributed by atoms with Crippen molar-refractivity contribution in [1.82, 2.24) is 24.1 Å². The van der Waals surface area contributed by atoms with Gasteiger partial charge in [0.15, 0.2) is 0 Å². The van der Waals surface area contributed by atoms with E-state index in [0.29, 0.717) is 5.56 Å². The molecule has 1 aliphatic carbocycles. The summed E-state index contributed by atoms with van der Waals surface area (Å²) in [4.78, 5) is 14.5. The Morgan fingerprint density at radius 1 is 0.500 bits per heavy atom. The van der Waals surface area contributed by atoms with Crippen molar-refractivity contribution in [3.05, 3.63) is 186 Å². The molecular weight excluding hydrogens is 665 g/mol. The topological polar surface area (TPSA) is 81.5 Å². The summed E-state index contributed by atoms with van der Waals surface area (Å²) in [6.07, 6.45) is 7.50. The highest BCUT2D eigenvalue weighted by molar-refractivity contribution is 6.10. The van der Waals surface area contributed by atoms with E-state index in [4.69, 9.17) is 14.7 Å². The zero-order valence-electron chi connectivity index (χ0n) is 28.6. The van der Waals surface area contributed by atoms with Crippen LogP contribution in [-0.4, -0.2) is 24.1 Å². The van der Waals surface area contributed by atoms with Gasteiger partial charge in [0, 0.05) is 62.6 Å². The molecule has 250 valence electrons. The van der Waals surface area contributed by atoms with Crippen LogP contribution in [0.5, 0.6) is 11.5 Å². The van der Waals surface area contributed by atoms with E-state index in [9.17, 15) is 5.26 Å². The van der Waals surface area contributed by atoms with Gasteiger partial charge in [-0.2, -0.15) is 5.26 Å². The summed E-state index contributed by atoms with van der Waals surface area (Å²) in [6, 6.07) is 48.7. The van der Waals surface area contributed by atoms with Crippen LogP contribution >= 0.6 is 0 Å². The molecule has 54 heavy (non-hydrogen) atoms. The molecule has 0 saturated carbocycles. The van der Waals surface area contributed by atoms with Crippen molar-refractivity contribution >= 4 is 43.6 Å². The second-order valence-electron chi connectivity index (χ2n) is 14.0. The van der Waals surface area contributed by atoms with Crippen LogP contribution in [0.1, 0.15) is 27.8 Å². The van der Waals surface area contributed by atoms with Gasteiger partial charge in [0.1, 0.15) is 11.5 Å². The lowest BCUT2D eigenvalue weighted by atomic mass is 9.66. The average Bonchev–Trinajstić information content (AvgIpc) is 3.85. The molecule has 0 bridgehead atoms. The van der Waals surface area contributed by atoms with Crippen molar-refractivity contribution in [3.8, 4) is 40.3 Å². The van der Waals surface area contributed by atoms with Crippen LogP contribution in [-0.2, 0) is 5.41 Å². The number of hydrogen-bond donors (Lipinski definition) is 0. The van der Waals surface area contributed by atoms with Crippen LogP contribution < -0.4 is 4.74 Å². The number of benzene rings is 5. The van der Waals surface area contributed by atoms with Crippen LogP contribution in [0.2, 0.25) is 0 Å². The van der Waals surface area contributed by atoms with E-state index in [1.807, 2.05) is 49.1 Å². The van der Waals surface area contributed by atoms with Crippen LogP contribution in [0.3, 0.4) is 0 Å². The van der Waals surface area contributed by atoms with E-state index >= 15 is 0 Å². The molecule has 1 spiro atoms. The van der Waals surface area contributed by atoms with Crippen LogP contribution in [0.25, 0.3) is 66.4 Å². The molecule has 0 radical (unpaired) electrons. The number of pyridine rings is 3. The van der Waals surface area contributed by atoms with Crippen LogP contribution in [0.4, 0.5) is 0 Å². The molecule has 10 aromatic rings. The van der Waals surface area contributed by atoms with Gasteiger partial charge in [-0.3, -0.25) is 15.0 Å². The van der Waals surface area contributed by atoms with E-state index in [-0.39, 0.29) is 0 Å². The Morgan fingerprint density at radius 3 is 1.72 bits per heavy atom. The minimum absolute atomic E-state index is 0.633. The van der Waals surface area contributed by atoms with Crippen molar-refractivity contribution in [3.63, 3.8) is 0 Å². The molecule has 12 rings (SSSR count). The Labute approximate surface area is 308 Å². The Bertz CT molecular complexity index is 3190. The number of fused-ring (bicyclic) bond motifs is 15. The second-order valence-corrected chi connectivity index (χ2v) is 14.0. The summed E-state index contributed by atoms with van der Waals surface area (Å²) < 4.78 is 11.5. The quantitative estimate of drug-likeness (QED) is 0.180. The van der Waals surface area contributed by atoms with Gasteiger partial charge in [-0.15, -0.1) is 0 Å². The Hall–Kier alpha value is -7.56. The molecule has 0 amide bonds. The summed E-state index contributed by atoms with van der Waals surface area (Å²) >= 11 is 0. The van der Waals surface area contributed by atoms with Gasteiger partial charge < -0.3 is 13.9 Å². The van der Waals surface area contributed by atoms with Crippen molar-refractivity contribution < 1.29 is 4.74 Å². The standard InChI is InChI=1S/C47H26N6O/c48-26-28-13-16-41-34(23-28)32-8-2-4-12-40(32)52(41)29-14-17-43-37(24-29)47(35-9-5-20-50-45(35)46-36(47)10-6-21-51-46)38-25-30(15-18-44(38)54-43)53-39-11-3-1-7-31(39)33-19-22-49-27-42(33)53/h1-25,27H. The molecule has 2 aliphatic rings. The Balaban J connectivity index is 1.19. The number of nitriles is 1. The third kappa shape index (κ3) is 3.61. The lowest BCUT2D eigenvalue weighted by molar-refractivity contribution is 0.436. The smallest absolute Gasteiger partial charge is 0.132 e.